The summed E-state index contributed by atoms with van der Waals surface area (Å²) in [6, 6.07) is 18.4. The second-order valence-electron chi connectivity index (χ2n) is 7.98. The summed E-state index contributed by atoms with van der Waals surface area (Å²) in [5.41, 5.74) is 9.71. The topological polar surface area (TPSA) is 34.9 Å². The van der Waals surface area contributed by atoms with E-state index in [1.807, 2.05) is 31.3 Å². The zero-order chi connectivity index (χ0) is 20.7. The maximum Gasteiger partial charge on any atom is 0.167 e. The predicted molar refractivity (Wildman–Crippen MR) is 120 cm³/mol. The molecular formula is C26H26N2O. The summed E-state index contributed by atoms with van der Waals surface area (Å²) < 4.78 is 2.09. The van der Waals surface area contributed by atoms with Gasteiger partial charge in [-0.2, -0.15) is 0 Å². The first-order valence-electron chi connectivity index (χ1n) is 9.97. The van der Waals surface area contributed by atoms with Gasteiger partial charge in [-0.1, -0.05) is 36.4 Å². The van der Waals surface area contributed by atoms with E-state index >= 15 is 0 Å². The van der Waals surface area contributed by atoms with Crippen LogP contribution >= 0.6 is 0 Å². The van der Waals surface area contributed by atoms with Crippen molar-refractivity contribution in [3.8, 4) is 11.4 Å². The molecule has 3 nitrogen and oxygen atoms in total. The van der Waals surface area contributed by atoms with E-state index in [-0.39, 0.29) is 5.78 Å². The molecule has 0 saturated carbocycles. The summed E-state index contributed by atoms with van der Waals surface area (Å²) >= 11 is 0. The van der Waals surface area contributed by atoms with Crippen molar-refractivity contribution in [1.82, 2.24) is 9.55 Å². The van der Waals surface area contributed by atoms with E-state index in [9.17, 15) is 4.79 Å². The van der Waals surface area contributed by atoms with Gasteiger partial charge in [-0.25, -0.2) is 4.98 Å². The molecule has 0 aliphatic rings. The number of carbonyl (C=O) groups excluding carboxylic acids is 1. The number of carbonyl (C=O) groups is 1. The SMILES string of the molecule is Cc1ccc(CC(=O)c2ccc3nc(-c4c(C)cccc4C)n(C)c3c2)cc1C. The van der Waals surface area contributed by atoms with Crippen molar-refractivity contribution in [3.63, 3.8) is 0 Å². The summed E-state index contributed by atoms with van der Waals surface area (Å²) in [6.45, 7) is 8.39. The van der Waals surface area contributed by atoms with E-state index in [0.717, 1.165) is 33.5 Å². The largest absolute Gasteiger partial charge is 0.327 e. The molecule has 1 aromatic heterocycles. The minimum absolute atomic E-state index is 0.130. The second-order valence-corrected chi connectivity index (χ2v) is 7.98. The van der Waals surface area contributed by atoms with Gasteiger partial charge in [0.1, 0.15) is 5.82 Å². The Morgan fingerprint density at radius 3 is 2.28 bits per heavy atom. The third kappa shape index (κ3) is 3.49. The van der Waals surface area contributed by atoms with Gasteiger partial charge in [0.05, 0.1) is 11.0 Å². The van der Waals surface area contributed by atoms with Gasteiger partial charge in [-0.3, -0.25) is 4.79 Å². The Labute approximate surface area is 172 Å². The lowest BCUT2D eigenvalue weighted by molar-refractivity contribution is 0.0993. The van der Waals surface area contributed by atoms with Gasteiger partial charge in [0.25, 0.3) is 0 Å². The van der Waals surface area contributed by atoms with Crippen LogP contribution in [0, 0.1) is 27.7 Å². The number of rotatable bonds is 4. The number of aromatic nitrogens is 2. The first kappa shape index (κ1) is 19.1. The first-order valence-corrected chi connectivity index (χ1v) is 9.97. The van der Waals surface area contributed by atoms with Crippen LogP contribution in [0.3, 0.4) is 0 Å². The van der Waals surface area contributed by atoms with Crippen LogP contribution in [0.25, 0.3) is 22.4 Å². The number of hydrogen-bond acceptors (Lipinski definition) is 2. The molecule has 4 rings (SSSR count). The number of imidazole rings is 1. The molecule has 3 aromatic carbocycles. The Balaban J connectivity index is 1.72. The maximum atomic E-state index is 12.9. The van der Waals surface area contributed by atoms with Gasteiger partial charge >= 0.3 is 0 Å². The monoisotopic (exact) mass is 382 g/mol. The van der Waals surface area contributed by atoms with Crippen LogP contribution < -0.4 is 0 Å². The van der Waals surface area contributed by atoms with Gasteiger partial charge in [0.15, 0.2) is 5.78 Å². The maximum absolute atomic E-state index is 12.9. The molecule has 0 unspecified atom stereocenters. The van der Waals surface area contributed by atoms with Crippen LogP contribution in [-0.2, 0) is 13.5 Å². The molecule has 1 heterocycles. The number of benzene rings is 3. The lowest BCUT2D eigenvalue weighted by Crippen LogP contribution is -2.04. The normalized spacial score (nSPS) is 11.2. The first-order chi connectivity index (χ1) is 13.8. The van der Waals surface area contributed by atoms with E-state index in [0.29, 0.717) is 6.42 Å². The average molecular weight is 383 g/mol. The van der Waals surface area contributed by atoms with Crippen molar-refractivity contribution < 1.29 is 4.79 Å². The fourth-order valence-electron chi connectivity index (χ4n) is 3.95. The van der Waals surface area contributed by atoms with E-state index in [2.05, 4.69) is 62.6 Å². The molecule has 0 aliphatic heterocycles. The number of aryl methyl sites for hydroxylation is 5. The number of hydrogen-bond donors (Lipinski definition) is 0. The minimum Gasteiger partial charge on any atom is -0.327 e. The van der Waals surface area contributed by atoms with E-state index < -0.39 is 0 Å². The third-order valence-electron chi connectivity index (χ3n) is 5.84. The zero-order valence-corrected chi connectivity index (χ0v) is 17.7. The van der Waals surface area contributed by atoms with Gasteiger partial charge in [-0.15, -0.1) is 0 Å². The summed E-state index contributed by atoms with van der Waals surface area (Å²) in [5.74, 6) is 1.07. The molecule has 0 saturated heterocycles. The third-order valence-corrected chi connectivity index (χ3v) is 5.84. The van der Waals surface area contributed by atoms with Crippen molar-refractivity contribution in [3.05, 3.63) is 88.0 Å². The molecule has 0 N–H and O–H groups in total. The van der Waals surface area contributed by atoms with Crippen molar-refractivity contribution in [2.24, 2.45) is 7.05 Å². The molecule has 0 aliphatic carbocycles. The summed E-state index contributed by atoms with van der Waals surface area (Å²) in [5, 5.41) is 0. The fraction of sp³-hybridized carbons (Fsp3) is 0.231. The average Bonchev–Trinajstić information content (AvgIpc) is 3.00. The van der Waals surface area contributed by atoms with Crippen molar-refractivity contribution in [1.29, 1.82) is 0 Å². The highest BCUT2D eigenvalue weighted by Crippen LogP contribution is 2.29. The van der Waals surface area contributed by atoms with E-state index in [4.69, 9.17) is 4.98 Å². The lowest BCUT2D eigenvalue weighted by atomic mass is 9.99. The molecule has 0 bridgehead atoms. The van der Waals surface area contributed by atoms with Crippen LogP contribution in [0.5, 0.6) is 0 Å². The highest BCUT2D eigenvalue weighted by atomic mass is 16.1. The molecule has 3 heteroatoms. The Bertz CT molecular complexity index is 1230. The van der Waals surface area contributed by atoms with E-state index in [1.54, 1.807) is 0 Å². The highest BCUT2D eigenvalue weighted by Gasteiger charge is 2.16. The Hall–Kier alpha value is -3.20. The van der Waals surface area contributed by atoms with Gasteiger partial charge in [0.2, 0.25) is 0 Å². The number of nitrogens with zero attached hydrogens (tertiary/aromatic N) is 2. The van der Waals surface area contributed by atoms with Crippen molar-refractivity contribution in [2.45, 2.75) is 34.1 Å². The lowest BCUT2D eigenvalue weighted by Gasteiger charge is -2.09. The smallest absolute Gasteiger partial charge is 0.167 e. The van der Waals surface area contributed by atoms with Crippen LogP contribution in [0.2, 0.25) is 0 Å². The van der Waals surface area contributed by atoms with Crippen LogP contribution in [0.4, 0.5) is 0 Å². The molecule has 0 amide bonds. The minimum atomic E-state index is 0.130. The second kappa shape index (κ2) is 7.32. The summed E-state index contributed by atoms with van der Waals surface area (Å²) in [7, 11) is 2.02. The Morgan fingerprint density at radius 1 is 0.862 bits per heavy atom. The molecule has 0 spiro atoms. The predicted octanol–water partition coefficient (Wildman–Crippen LogP) is 5.90. The standard InChI is InChI=1S/C26H26N2O/c1-16-9-10-20(13-19(16)4)14-24(29)21-11-12-22-23(15-21)28(5)26(27-22)25-17(2)7-6-8-18(25)3/h6-13,15H,14H2,1-5H3. The van der Waals surface area contributed by atoms with Crippen molar-refractivity contribution >= 4 is 16.8 Å². The number of fused-ring (bicyclic) bond motifs is 1. The molecule has 4 aromatic rings. The number of ketones is 1. The quantitative estimate of drug-likeness (QED) is 0.412. The Morgan fingerprint density at radius 2 is 1.59 bits per heavy atom. The van der Waals surface area contributed by atoms with Crippen LogP contribution in [0.1, 0.15) is 38.2 Å². The zero-order valence-electron chi connectivity index (χ0n) is 17.7. The molecule has 0 fully saturated rings. The van der Waals surface area contributed by atoms with Crippen LogP contribution in [-0.4, -0.2) is 15.3 Å². The molecule has 0 atom stereocenters. The Kier molecular flexibility index (Phi) is 4.83. The summed E-state index contributed by atoms with van der Waals surface area (Å²) in [4.78, 5) is 17.8. The fourth-order valence-corrected chi connectivity index (χ4v) is 3.95. The summed E-state index contributed by atoms with van der Waals surface area (Å²) in [6.07, 6.45) is 0.411. The molecule has 0 radical (unpaired) electrons. The van der Waals surface area contributed by atoms with Crippen molar-refractivity contribution in [2.75, 3.05) is 0 Å². The molecular weight excluding hydrogens is 356 g/mol. The molecule has 146 valence electrons. The molecule has 29 heavy (non-hydrogen) atoms. The van der Waals surface area contributed by atoms with Gasteiger partial charge < -0.3 is 4.57 Å². The highest BCUT2D eigenvalue weighted by molar-refractivity contribution is 6.00. The van der Waals surface area contributed by atoms with Gasteiger partial charge in [0, 0.05) is 24.6 Å². The van der Waals surface area contributed by atoms with E-state index in [1.165, 1.54) is 22.3 Å². The van der Waals surface area contributed by atoms with Crippen LogP contribution in [0.15, 0.2) is 54.6 Å². The number of Topliss-reactive ketones (excluding diaryl/α,β-unsaturated/α-hetero) is 1. The van der Waals surface area contributed by atoms with Gasteiger partial charge in [-0.05, 0) is 73.7 Å².